The molecule has 2 aliphatic rings. The molecule has 0 bridgehead atoms. The van der Waals surface area contributed by atoms with E-state index >= 15 is 0 Å². The topological polar surface area (TPSA) is 46.1 Å². The number of aromatic nitrogens is 2. The molecule has 2 aromatic carbocycles. The first-order chi connectivity index (χ1) is 15.7. The lowest BCUT2D eigenvalue weighted by Gasteiger charge is -2.31. The van der Waals surface area contributed by atoms with E-state index in [4.69, 9.17) is 11.6 Å². The molecule has 1 aliphatic carbocycles. The number of thiophene rings is 1. The summed E-state index contributed by atoms with van der Waals surface area (Å²) in [6.45, 7) is 0. The van der Waals surface area contributed by atoms with Crippen molar-refractivity contribution < 1.29 is 4.79 Å². The summed E-state index contributed by atoms with van der Waals surface area (Å²) in [6, 6.07) is 13.7. The van der Waals surface area contributed by atoms with Gasteiger partial charge in [-0.15, -0.1) is 11.3 Å². The van der Waals surface area contributed by atoms with Crippen molar-refractivity contribution in [2.45, 2.75) is 40.5 Å². The molecular formula is C24H18ClN3OS3. The number of nitrogens with zero attached hydrogens (tertiary/aromatic N) is 3. The monoisotopic (exact) mass is 495 g/mol. The largest absolute Gasteiger partial charge is 0.278 e. The second-order valence-corrected chi connectivity index (χ2v) is 11.3. The van der Waals surface area contributed by atoms with Gasteiger partial charge in [-0.2, -0.15) is 0 Å². The summed E-state index contributed by atoms with van der Waals surface area (Å²) in [5.74, 6) is 0.309. The van der Waals surface area contributed by atoms with Gasteiger partial charge < -0.3 is 0 Å². The first kappa shape index (κ1) is 20.5. The number of aryl methyl sites for hydroxylation is 2. The van der Waals surface area contributed by atoms with Crippen LogP contribution in [-0.4, -0.2) is 21.6 Å². The summed E-state index contributed by atoms with van der Waals surface area (Å²) in [5, 5.41) is 2.69. The Bertz CT molecular complexity index is 1370. The van der Waals surface area contributed by atoms with E-state index in [-0.39, 0.29) is 5.91 Å². The van der Waals surface area contributed by atoms with E-state index in [9.17, 15) is 4.79 Å². The van der Waals surface area contributed by atoms with Gasteiger partial charge in [-0.25, -0.2) is 9.97 Å². The second kappa shape index (κ2) is 8.37. The number of halogens is 1. The predicted molar refractivity (Wildman–Crippen MR) is 134 cm³/mol. The van der Waals surface area contributed by atoms with Crippen molar-refractivity contribution in [3.05, 3.63) is 64.3 Å². The molecule has 8 heteroatoms. The highest BCUT2D eigenvalue weighted by Gasteiger charge is 2.29. The van der Waals surface area contributed by atoms with Crippen LogP contribution in [0.3, 0.4) is 0 Å². The molecule has 1 amide bonds. The number of para-hydroxylation sites is 1. The molecule has 0 N–H and O–H groups in total. The number of hydrogen-bond donors (Lipinski definition) is 0. The molecule has 160 valence electrons. The minimum absolute atomic E-state index is 0.0159. The maximum atomic E-state index is 13.6. The minimum Gasteiger partial charge on any atom is -0.278 e. The van der Waals surface area contributed by atoms with Gasteiger partial charge in [0, 0.05) is 25.1 Å². The van der Waals surface area contributed by atoms with Crippen molar-refractivity contribution >= 4 is 74.0 Å². The Morgan fingerprint density at radius 3 is 2.84 bits per heavy atom. The van der Waals surface area contributed by atoms with E-state index in [0.29, 0.717) is 10.8 Å². The Balaban J connectivity index is 1.34. The molecule has 0 saturated heterocycles. The minimum atomic E-state index is 0.0159. The van der Waals surface area contributed by atoms with E-state index in [2.05, 4.69) is 16.0 Å². The molecule has 4 nitrogen and oxygen atoms in total. The van der Waals surface area contributed by atoms with Crippen LogP contribution in [0.4, 0.5) is 11.4 Å². The quantitative estimate of drug-likeness (QED) is 0.223. The summed E-state index contributed by atoms with van der Waals surface area (Å²) < 4.78 is 0. The molecule has 0 fully saturated rings. The Kier molecular flexibility index (Phi) is 5.38. The number of benzene rings is 2. The Morgan fingerprint density at radius 1 is 1.06 bits per heavy atom. The summed E-state index contributed by atoms with van der Waals surface area (Å²) in [7, 11) is 0. The van der Waals surface area contributed by atoms with Gasteiger partial charge in [-0.05, 0) is 61.6 Å². The highest BCUT2D eigenvalue weighted by atomic mass is 35.5. The number of anilines is 2. The smallest absolute Gasteiger partial charge is 0.242 e. The average Bonchev–Trinajstić information content (AvgIpc) is 3.20. The predicted octanol–water partition coefficient (Wildman–Crippen LogP) is 7.15. The lowest BCUT2D eigenvalue weighted by molar-refractivity contribution is -0.115. The molecule has 0 unspecified atom stereocenters. The molecule has 0 saturated carbocycles. The number of amides is 1. The third-order valence-electron chi connectivity index (χ3n) is 5.79. The van der Waals surface area contributed by atoms with Crippen LogP contribution >= 0.6 is 46.5 Å². The number of fused-ring (bicyclic) bond motifs is 5. The maximum Gasteiger partial charge on any atom is 0.242 e. The maximum absolute atomic E-state index is 13.6. The van der Waals surface area contributed by atoms with Gasteiger partial charge in [-0.3, -0.25) is 9.69 Å². The molecule has 6 rings (SSSR count). The van der Waals surface area contributed by atoms with E-state index in [1.807, 2.05) is 41.3 Å². The normalized spacial score (nSPS) is 14.7. The van der Waals surface area contributed by atoms with Gasteiger partial charge in [0.1, 0.15) is 16.2 Å². The van der Waals surface area contributed by atoms with Crippen LogP contribution in [0.15, 0.2) is 63.6 Å². The van der Waals surface area contributed by atoms with Crippen molar-refractivity contribution in [3.63, 3.8) is 0 Å². The van der Waals surface area contributed by atoms with Gasteiger partial charge in [0.2, 0.25) is 5.91 Å². The second-order valence-electron chi connectivity index (χ2n) is 7.77. The van der Waals surface area contributed by atoms with Crippen LogP contribution in [0.1, 0.15) is 23.3 Å². The number of hydrogen-bond acceptors (Lipinski definition) is 6. The third-order valence-corrected chi connectivity index (χ3v) is 9.33. The molecular weight excluding hydrogens is 478 g/mol. The molecule has 32 heavy (non-hydrogen) atoms. The Labute approximate surface area is 203 Å². The third kappa shape index (κ3) is 3.52. The van der Waals surface area contributed by atoms with Crippen LogP contribution in [0.5, 0.6) is 0 Å². The van der Waals surface area contributed by atoms with Gasteiger partial charge >= 0.3 is 0 Å². The summed E-state index contributed by atoms with van der Waals surface area (Å²) in [4.78, 5) is 29.0. The fourth-order valence-corrected chi connectivity index (χ4v) is 7.74. The lowest BCUT2D eigenvalue weighted by atomic mass is 9.97. The fourth-order valence-electron chi connectivity index (χ4n) is 4.36. The standard InChI is InChI=1S/C24H18ClN3OS3/c25-14-9-10-20-17(11-14)28(16-6-2-4-8-19(16)31-20)21(29)12-30-23-22-15-5-1-3-7-18(15)32-24(22)27-13-26-23/h2,4,6,8-11,13H,1,3,5,7,12H2. The van der Waals surface area contributed by atoms with Crippen LogP contribution < -0.4 is 4.90 Å². The van der Waals surface area contributed by atoms with E-state index in [0.717, 1.165) is 49.2 Å². The number of rotatable bonds is 3. The molecule has 4 aromatic rings. The zero-order valence-electron chi connectivity index (χ0n) is 17.0. The Morgan fingerprint density at radius 2 is 1.91 bits per heavy atom. The number of carbonyl (C=O) groups is 1. The summed E-state index contributed by atoms with van der Waals surface area (Å²) in [5.41, 5.74) is 3.13. The van der Waals surface area contributed by atoms with E-state index in [1.54, 1.807) is 29.4 Å². The fraction of sp³-hybridized carbons (Fsp3) is 0.208. The molecule has 1 aliphatic heterocycles. The van der Waals surface area contributed by atoms with Gasteiger partial charge in [0.05, 0.1) is 17.1 Å². The van der Waals surface area contributed by atoms with Crippen molar-refractivity contribution in [1.29, 1.82) is 0 Å². The average molecular weight is 496 g/mol. The van der Waals surface area contributed by atoms with Crippen molar-refractivity contribution in [3.8, 4) is 0 Å². The summed E-state index contributed by atoms with van der Waals surface area (Å²) in [6.07, 6.45) is 6.27. The highest BCUT2D eigenvalue weighted by molar-refractivity contribution is 8.00. The van der Waals surface area contributed by atoms with Gasteiger partial charge in [-0.1, -0.05) is 47.3 Å². The molecule has 0 atom stereocenters. The van der Waals surface area contributed by atoms with Crippen LogP contribution in [0.2, 0.25) is 5.02 Å². The highest BCUT2D eigenvalue weighted by Crippen LogP contribution is 2.49. The van der Waals surface area contributed by atoms with Crippen LogP contribution in [0.25, 0.3) is 10.2 Å². The van der Waals surface area contributed by atoms with Crippen molar-refractivity contribution in [2.75, 3.05) is 10.7 Å². The van der Waals surface area contributed by atoms with Gasteiger partial charge in [0.25, 0.3) is 0 Å². The van der Waals surface area contributed by atoms with E-state index < -0.39 is 0 Å². The van der Waals surface area contributed by atoms with Crippen LogP contribution in [0, 0.1) is 0 Å². The molecule has 3 heterocycles. The Hall–Kier alpha value is -2.06. The van der Waals surface area contributed by atoms with Crippen molar-refractivity contribution in [1.82, 2.24) is 9.97 Å². The zero-order chi connectivity index (χ0) is 21.7. The zero-order valence-corrected chi connectivity index (χ0v) is 20.2. The van der Waals surface area contributed by atoms with Gasteiger partial charge in [0.15, 0.2) is 0 Å². The van der Waals surface area contributed by atoms with E-state index in [1.165, 1.54) is 35.0 Å². The number of thioether (sulfide) groups is 1. The van der Waals surface area contributed by atoms with Crippen LogP contribution in [-0.2, 0) is 17.6 Å². The summed E-state index contributed by atoms with van der Waals surface area (Å²) >= 11 is 11.3. The first-order valence-electron chi connectivity index (χ1n) is 10.5. The first-order valence-corrected chi connectivity index (χ1v) is 13.5. The molecule has 0 radical (unpaired) electrons. The van der Waals surface area contributed by atoms with Crippen molar-refractivity contribution in [2.24, 2.45) is 0 Å². The molecule has 2 aromatic heterocycles. The molecule has 0 spiro atoms. The SMILES string of the molecule is O=C(CSc1ncnc2sc3c(c12)CCCC3)N1c2ccccc2Sc2ccc(Cl)cc21. The lowest BCUT2D eigenvalue weighted by Crippen LogP contribution is -2.30. The number of carbonyl (C=O) groups excluding carboxylic acids is 1.